The number of carbonyl (C=O) groups is 2. The number of hydrogen-bond acceptors (Lipinski definition) is 3. The minimum Gasteiger partial charge on any atom is -0.481 e. The van der Waals surface area contributed by atoms with Crippen molar-refractivity contribution in [1.82, 2.24) is 9.78 Å². The van der Waals surface area contributed by atoms with Crippen LogP contribution in [0.3, 0.4) is 0 Å². The van der Waals surface area contributed by atoms with Gasteiger partial charge in [-0.2, -0.15) is 5.10 Å². The molecule has 128 valence electrons. The Morgan fingerprint density at radius 1 is 1.25 bits per heavy atom. The number of rotatable bonds is 5. The number of carboxylic acids is 1. The molecule has 0 radical (unpaired) electrons. The van der Waals surface area contributed by atoms with Gasteiger partial charge in [-0.25, -0.2) is 8.78 Å². The van der Waals surface area contributed by atoms with Crippen molar-refractivity contribution in [3.8, 4) is 0 Å². The number of aliphatic carboxylic acids is 1. The second kappa shape index (κ2) is 6.38. The highest BCUT2D eigenvalue weighted by Crippen LogP contribution is 2.26. The van der Waals surface area contributed by atoms with Crippen LogP contribution in [0.25, 0.3) is 0 Å². The topological polar surface area (TPSA) is 84.2 Å². The van der Waals surface area contributed by atoms with Gasteiger partial charge in [0, 0.05) is 12.7 Å². The predicted molar refractivity (Wildman–Crippen MR) is 83.2 cm³/mol. The van der Waals surface area contributed by atoms with E-state index in [4.69, 9.17) is 0 Å². The highest BCUT2D eigenvalue weighted by atomic mass is 19.3. The molecule has 1 amide bonds. The number of benzene rings is 1. The molecule has 0 aliphatic carbocycles. The highest BCUT2D eigenvalue weighted by Gasteiger charge is 2.29. The molecule has 0 bridgehead atoms. The minimum atomic E-state index is -2.82. The van der Waals surface area contributed by atoms with E-state index in [0.717, 1.165) is 10.9 Å². The molecule has 0 saturated carbocycles. The van der Waals surface area contributed by atoms with E-state index >= 15 is 0 Å². The van der Waals surface area contributed by atoms with Crippen molar-refractivity contribution in [2.24, 2.45) is 7.05 Å². The van der Waals surface area contributed by atoms with E-state index in [1.165, 1.54) is 19.2 Å². The number of carboxylic acid groups (broad SMARTS) is 1. The fourth-order valence-corrected chi connectivity index (χ4v) is 2.17. The predicted octanol–water partition coefficient (Wildman–Crippen LogP) is 2.97. The van der Waals surface area contributed by atoms with Gasteiger partial charge in [0.15, 0.2) is 0 Å². The molecular weight excluding hydrogens is 320 g/mol. The first kappa shape index (κ1) is 17.6. The molecule has 24 heavy (non-hydrogen) atoms. The molecular formula is C16H17F2N3O3. The molecule has 0 unspecified atom stereocenters. The lowest BCUT2D eigenvalue weighted by molar-refractivity contribution is -0.142. The van der Waals surface area contributed by atoms with Crippen LogP contribution in [-0.2, 0) is 17.3 Å². The molecule has 0 saturated heterocycles. The van der Waals surface area contributed by atoms with Gasteiger partial charge in [0.25, 0.3) is 12.3 Å². The third kappa shape index (κ3) is 3.27. The van der Waals surface area contributed by atoms with Crippen molar-refractivity contribution in [1.29, 1.82) is 0 Å². The molecule has 0 atom stereocenters. The molecule has 6 nitrogen and oxygen atoms in total. The lowest BCUT2D eigenvalue weighted by Crippen LogP contribution is -2.28. The Hall–Kier alpha value is -2.77. The Labute approximate surface area is 137 Å². The second-order valence-corrected chi connectivity index (χ2v) is 5.83. The van der Waals surface area contributed by atoms with Crippen molar-refractivity contribution in [2.75, 3.05) is 5.32 Å². The summed E-state index contributed by atoms with van der Waals surface area (Å²) in [7, 11) is 1.33. The van der Waals surface area contributed by atoms with Crippen molar-refractivity contribution in [2.45, 2.75) is 25.7 Å². The van der Waals surface area contributed by atoms with Crippen molar-refractivity contribution >= 4 is 17.6 Å². The molecule has 1 aromatic heterocycles. The molecule has 8 heteroatoms. The van der Waals surface area contributed by atoms with E-state index in [9.17, 15) is 23.5 Å². The zero-order valence-electron chi connectivity index (χ0n) is 13.4. The summed E-state index contributed by atoms with van der Waals surface area (Å²) in [5.41, 5.74) is -0.815. The molecule has 0 aliphatic rings. The van der Waals surface area contributed by atoms with Crippen LogP contribution in [-0.4, -0.2) is 26.8 Å². The monoisotopic (exact) mass is 337 g/mol. The van der Waals surface area contributed by atoms with Gasteiger partial charge in [-0.1, -0.05) is 12.1 Å². The van der Waals surface area contributed by atoms with Crippen molar-refractivity contribution in [3.63, 3.8) is 0 Å². The van der Waals surface area contributed by atoms with Crippen molar-refractivity contribution < 1.29 is 23.5 Å². The quantitative estimate of drug-likeness (QED) is 0.878. The Kier molecular flexibility index (Phi) is 4.68. The summed E-state index contributed by atoms with van der Waals surface area (Å²) in [5, 5.41) is 15.4. The lowest BCUT2D eigenvalue weighted by Gasteiger charge is -2.19. The average molecular weight is 337 g/mol. The molecule has 1 heterocycles. The van der Waals surface area contributed by atoms with Crippen LogP contribution in [0, 0.1) is 0 Å². The van der Waals surface area contributed by atoms with Crippen LogP contribution >= 0.6 is 0 Å². The van der Waals surface area contributed by atoms with E-state index in [2.05, 4.69) is 10.4 Å². The van der Waals surface area contributed by atoms with Gasteiger partial charge in [-0.15, -0.1) is 0 Å². The number of alkyl halides is 2. The van der Waals surface area contributed by atoms with Crippen LogP contribution in [0.2, 0.25) is 0 Å². The number of nitrogens with zero attached hydrogens (tertiary/aromatic N) is 2. The van der Waals surface area contributed by atoms with E-state index in [1.807, 2.05) is 0 Å². The van der Waals surface area contributed by atoms with E-state index in [-0.39, 0.29) is 5.56 Å². The molecule has 0 spiro atoms. The number of anilines is 1. The van der Waals surface area contributed by atoms with E-state index < -0.39 is 29.4 Å². The first-order chi connectivity index (χ1) is 11.1. The number of hydrogen-bond donors (Lipinski definition) is 2. The van der Waals surface area contributed by atoms with Gasteiger partial charge in [-0.3, -0.25) is 14.3 Å². The molecule has 0 aliphatic heterocycles. The maximum absolute atomic E-state index is 13.0. The summed E-state index contributed by atoms with van der Waals surface area (Å²) in [5.74, 6) is -1.68. The average Bonchev–Trinajstić information content (AvgIpc) is 2.89. The zero-order valence-corrected chi connectivity index (χ0v) is 13.4. The van der Waals surface area contributed by atoms with Crippen LogP contribution in [0.15, 0.2) is 30.5 Å². The Morgan fingerprint density at radius 2 is 1.83 bits per heavy atom. The minimum absolute atomic E-state index is 0.206. The third-order valence-electron chi connectivity index (χ3n) is 3.84. The highest BCUT2D eigenvalue weighted by molar-refractivity contribution is 6.05. The van der Waals surface area contributed by atoms with Crippen LogP contribution in [0.1, 0.15) is 41.9 Å². The number of aromatic nitrogens is 2. The van der Waals surface area contributed by atoms with Gasteiger partial charge >= 0.3 is 5.97 Å². The molecule has 2 rings (SSSR count). The number of nitrogens with one attached hydrogen (secondary N) is 1. The molecule has 1 aromatic carbocycles. The first-order valence-corrected chi connectivity index (χ1v) is 7.10. The summed E-state index contributed by atoms with van der Waals surface area (Å²) in [6.07, 6.45) is -1.74. The fraction of sp³-hybridized carbons (Fsp3) is 0.312. The smallest absolute Gasteiger partial charge is 0.313 e. The Morgan fingerprint density at radius 3 is 2.33 bits per heavy atom. The second-order valence-electron chi connectivity index (χ2n) is 5.83. The van der Waals surface area contributed by atoms with Crippen LogP contribution in [0.4, 0.5) is 14.5 Å². The fourth-order valence-electron chi connectivity index (χ4n) is 2.17. The lowest BCUT2D eigenvalue weighted by atomic mass is 9.85. The summed E-state index contributed by atoms with van der Waals surface area (Å²) < 4.78 is 26.9. The molecule has 2 aromatic rings. The number of halogens is 2. The zero-order chi connectivity index (χ0) is 18.1. The maximum atomic E-state index is 13.0. The standard InChI is InChI=1S/C16H17F2N3O3/c1-16(2,15(23)24)9-4-6-10(7-5-9)20-14(22)11-8-19-21(3)12(11)13(17)18/h4-8,13H,1-3H3,(H,20,22)(H,23,24). The molecule has 2 N–H and O–H groups in total. The van der Waals surface area contributed by atoms with Gasteiger partial charge in [-0.05, 0) is 31.5 Å². The SMILES string of the molecule is Cn1ncc(C(=O)Nc2ccc(C(C)(C)C(=O)O)cc2)c1C(F)F. The summed E-state index contributed by atoms with van der Waals surface area (Å²) in [4.78, 5) is 23.4. The van der Waals surface area contributed by atoms with Gasteiger partial charge < -0.3 is 10.4 Å². The summed E-state index contributed by atoms with van der Waals surface area (Å²) in [6, 6.07) is 6.19. The number of amides is 1. The molecule has 0 fully saturated rings. The van der Waals surface area contributed by atoms with Crippen LogP contribution < -0.4 is 5.32 Å². The summed E-state index contributed by atoms with van der Waals surface area (Å²) in [6.45, 7) is 3.13. The van der Waals surface area contributed by atoms with Gasteiger partial charge in [0.05, 0.1) is 17.2 Å². The van der Waals surface area contributed by atoms with Gasteiger partial charge in [0.1, 0.15) is 5.69 Å². The Bertz CT molecular complexity index is 767. The normalized spacial score (nSPS) is 11.6. The summed E-state index contributed by atoms with van der Waals surface area (Å²) >= 11 is 0. The first-order valence-electron chi connectivity index (χ1n) is 7.10. The number of carbonyl (C=O) groups excluding carboxylic acids is 1. The van der Waals surface area contributed by atoms with Crippen molar-refractivity contribution in [3.05, 3.63) is 47.3 Å². The van der Waals surface area contributed by atoms with Gasteiger partial charge in [0.2, 0.25) is 0 Å². The van der Waals surface area contributed by atoms with E-state index in [1.54, 1.807) is 26.0 Å². The largest absolute Gasteiger partial charge is 0.481 e. The van der Waals surface area contributed by atoms with E-state index in [0.29, 0.717) is 11.3 Å². The third-order valence-corrected chi connectivity index (χ3v) is 3.84. The maximum Gasteiger partial charge on any atom is 0.313 e. The van der Waals surface area contributed by atoms with Crippen LogP contribution in [0.5, 0.6) is 0 Å². The number of aryl methyl sites for hydroxylation is 1. The Balaban J connectivity index is 2.21.